The fourth-order valence-electron chi connectivity index (χ4n) is 0. The van der Waals surface area contributed by atoms with Gasteiger partial charge in [0.1, 0.15) is 0 Å². The SMILES string of the molecule is C[CH](C)[Sn].O. The second-order valence-electron chi connectivity index (χ2n) is 1.15. The summed E-state index contributed by atoms with van der Waals surface area (Å²) >= 11 is 1.64. The largest absolute Gasteiger partial charge is 0.412 e. The minimum atomic E-state index is 0. The van der Waals surface area contributed by atoms with Gasteiger partial charge in [-0.3, -0.25) is 0 Å². The van der Waals surface area contributed by atoms with Crippen LogP contribution in [0.3, 0.4) is 0 Å². The Morgan fingerprint density at radius 3 is 1.40 bits per heavy atom. The summed E-state index contributed by atoms with van der Waals surface area (Å²) in [5.74, 6) is 0. The van der Waals surface area contributed by atoms with Gasteiger partial charge in [0, 0.05) is 0 Å². The molecule has 0 bridgehead atoms. The minimum absolute atomic E-state index is 0. The van der Waals surface area contributed by atoms with E-state index >= 15 is 0 Å². The fraction of sp³-hybridized carbons (Fsp3) is 1.00. The molecular formula is C3H9OSn. The van der Waals surface area contributed by atoms with Gasteiger partial charge >= 0.3 is 40.3 Å². The Morgan fingerprint density at radius 1 is 1.40 bits per heavy atom. The van der Waals surface area contributed by atoms with Gasteiger partial charge in [0.25, 0.3) is 0 Å². The van der Waals surface area contributed by atoms with Crippen LogP contribution in [0.25, 0.3) is 0 Å². The molecule has 3 radical (unpaired) electrons. The normalized spacial score (nSPS) is 7.20. The number of hydrogen-bond acceptors (Lipinski definition) is 0. The molecular weight excluding hydrogens is 171 g/mol. The second kappa shape index (κ2) is 4.76. The van der Waals surface area contributed by atoms with Crippen LogP contribution in [0, 0.1) is 0 Å². The predicted octanol–water partition coefficient (Wildman–Crippen LogP) is 0.158. The van der Waals surface area contributed by atoms with Crippen LogP contribution in [0.1, 0.15) is 13.8 Å². The Hall–Kier alpha value is 0.759. The van der Waals surface area contributed by atoms with Gasteiger partial charge in [-0.2, -0.15) is 0 Å². The van der Waals surface area contributed by atoms with Gasteiger partial charge in [0.15, 0.2) is 0 Å². The molecule has 0 saturated heterocycles. The van der Waals surface area contributed by atoms with E-state index in [-0.39, 0.29) is 5.48 Å². The van der Waals surface area contributed by atoms with Crippen LogP contribution < -0.4 is 0 Å². The molecule has 0 amide bonds. The second-order valence-corrected chi connectivity index (χ2v) is 4.45. The van der Waals surface area contributed by atoms with Gasteiger partial charge in [-0.05, 0) is 0 Å². The van der Waals surface area contributed by atoms with Gasteiger partial charge in [-0.15, -0.1) is 0 Å². The molecule has 2 N–H and O–H groups in total. The summed E-state index contributed by atoms with van der Waals surface area (Å²) in [5.41, 5.74) is 0. The van der Waals surface area contributed by atoms with E-state index in [0.717, 1.165) is 3.93 Å². The summed E-state index contributed by atoms with van der Waals surface area (Å²) in [7, 11) is 0. The Bertz CT molecular complexity index is 11.6. The molecule has 0 heterocycles. The molecule has 0 aliphatic rings. The molecule has 0 aliphatic heterocycles. The third kappa shape index (κ3) is 62.9. The van der Waals surface area contributed by atoms with Gasteiger partial charge < -0.3 is 5.48 Å². The van der Waals surface area contributed by atoms with E-state index in [1.807, 2.05) is 0 Å². The number of hydrogen-bond donors (Lipinski definition) is 0. The van der Waals surface area contributed by atoms with Crippen molar-refractivity contribution in [2.75, 3.05) is 0 Å². The molecule has 0 aromatic heterocycles. The molecule has 0 rings (SSSR count). The van der Waals surface area contributed by atoms with Crippen LogP contribution in [0.5, 0.6) is 0 Å². The minimum Gasteiger partial charge on any atom is -0.412 e. The smallest absolute Gasteiger partial charge is 0.412 e. The average Bonchev–Trinajstić information content (AvgIpc) is 0.811. The van der Waals surface area contributed by atoms with Crippen molar-refractivity contribution in [2.24, 2.45) is 0 Å². The van der Waals surface area contributed by atoms with Crippen molar-refractivity contribution in [3.8, 4) is 0 Å². The Balaban J connectivity index is 0. The van der Waals surface area contributed by atoms with Crippen LogP contribution in [0.2, 0.25) is 3.93 Å². The molecule has 0 aromatic carbocycles. The summed E-state index contributed by atoms with van der Waals surface area (Å²) < 4.78 is 0.923. The fourth-order valence-corrected chi connectivity index (χ4v) is 0. The van der Waals surface area contributed by atoms with Crippen molar-refractivity contribution in [1.82, 2.24) is 0 Å². The molecule has 0 aromatic rings. The van der Waals surface area contributed by atoms with E-state index in [9.17, 15) is 0 Å². The monoisotopic (exact) mass is 181 g/mol. The Morgan fingerprint density at radius 2 is 1.40 bits per heavy atom. The van der Waals surface area contributed by atoms with Crippen LogP contribution in [0.15, 0.2) is 0 Å². The van der Waals surface area contributed by atoms with E-state index in [2.05, 4.69) is 13.8 Å². The first-order chi connectivity index (χ1) is 1.73. The van der Waals surface area contributed by atoms with Crippen molar-refractivity contribution in [1.29, 1.82) is 0 Å². The molecule has 1 nitrogen and oxygen atoms in total. The predicted molar refractivity (Wildman–Crippen MR) is 24.5 cm³/mol. The summed E-state index contributed by atoms with van der Waals surface area (Å²) in [6.45, 7) is 4.41. The first-order valence-electron chi connectivity index (χ1n) is 1.44. The summed E-state index contributed by atoms with van der Waals surface area (Å²) in [6, 6.07) is 0. The molecule has 0 unspecified atom stereocenters. The summed E-state index contributed by atoms with van der Waals surface area (Å²) in [5, 5.41) is 0. The van der Waals surface area contributed by atoms with Crippen molar-refractivity contribution >= 4 is 22.5 Å². The Labute approximate surface area is 46.2 Å². The third-order valence-electron chi connectivity index (χ3n) is 0. The summed E-state index contributed by atoms with van der Waals surface area (Å²) in [6.07, 6.45) is 0. The average molecular weight is 180 g/mol. The standard InChI is InChI=1S/C3H7.H2O.Sn/c1-3-2;;/h3H,1-2H3;1H2;. The zero-order chi connectivity index (χ0) is 3.58. The molecule has 5 heavy (non-hydrogen) atoms. The quantitative estimate of drug-likeness (QED) is 0.475. The Kier molecular flexibility index (Phi) is 8.79. The van der Waals surface area contributed by atoms with Crippen molar-refractivity contribution in [3.63, 3.8) is 0 Å². The first-order valence-corrected chi connectivity index (χ1v) is 3.09. The van der Waals surface area contributed by atoms with Crippen LogP contribution in [-0.2, 0) is 0 Å². The van der Waals surface area contributed by atoms with Crippen LogP contribution >= 0.6 is 0 Å². The molecule has 0 spiro atoms. The molecule has 2 heteroatoms. The first kappa shape index (κ1) is 9.23. The third-order valence-corrected chi connectivity index (χ3v) is 0. The maximum Gasteiger partial charge on any atom is -0.412 e. The molecule has 0 atom stereocenters. The zero-order valence-corrected chi connectivity index (χ0v) is 6.43. The van der Waals surface area contributed by atoms with Crippen LogP contribution in [-0.4, -0.2) is 28.0 Å². The van der Waals surface area contributed by atoms with E-state index < -0.39 is 0 Å². The van der Waals surface area contributed by atoms with Gasteiger partial charge in [0.05, 0.1) is 0 Å². The van der Waals surface area contributed by atoms with E-state index in [0.29, 0.717) is 0 Å². The van der Waals surface area contributed by atoms with Gasteiger partial charge in [-0.25, -0.2) is 0 Å². The van der Waals surface area contributed by atoms with Gasteiger partial charge in [0.2, 0.25) is 0 Å². The van der Waals surface area contributed by atoms with Crippen molar-refractivity contribution in [3.05, 3.63) is 0 Å². The maximum atomic E-state index is 2.21. The molecule has 31 valence electrons. The maximum absolute atomic E-state index is 2.21. The topological polar surface area (TPSA) is 31.5 Å². The van der Waals surface area contributed by atoms with Crippen LogP contribution in [0.4, 0.5) is 0 Å². The zero-order valence-electron chi connectivity index (χ0n) is 3.58. The van der Waals surface area contributed by atoms with E-state index in [4.69, 9.17) is 0 Å². The number of rotatable bonds is 0. The van der Waals surface area contributed by atoms with Crippen molar-refractivity contribution < 1.29 is 5.48 Å². The van der Waals surface area contributed by atoms with E-state index in [1.54, 1.807) is 22.5 Å². The summed E-state index contributed by atoms with van der Waals surface area (Å²) in [4.78, 5) is 0. The molecule has 0 saturated carbocycles. The van der Waals surface area contributed by atoms with Gasteiger partial charge in [-0.1, -0.05) is 0 Å². The van der Waals surface area contributed by atoms with E-state index in [1.165, 1.54) is 0 Å². The molecule has 0 fully saturated rings. The van der Waals surface area contributed by atoms with Crippen molar-refractivity contribution in [2.45, 2.75) is 17.8 Å². The molecule has 0 aliphatic carbocycles.